The summed E-state index contributed by atoms with van der Waals surface area (Å²) >= 11 is 7.25. The number of rotatable bonds is 7. The number of anilines is 2. The van der Waals surface area contributed by atoms with Gasteiger partial charge in [-0.05, 0) is 42.8 Å². The van der Waals surface area contributed by atoms with E-state index >= 15 is 0 Å². The molecular weight excluding hydrogens is 477 g/mol. The van der Waals surface area contributed by atoms with Crippen LogP contribution in [0.1, 0.15) is 16.6 Å². The third-order valence-electron chi connectivity index (χ3n) is 5.53. The lowest BCUT2D eigenvalue weighted by molar-refractivity contribution is -0.117. The van der Waals surface area contributed by atoms with Gasteiger partial charge in [-0.15, -0.1) is 11.3 Å². The lowest BCUT2D eigenvalue weighted by Gasteiger charge is -2.35. The van der Waals surface area contributed by atoms with Crippen molar-refractivity contribution in [1.29, 1.82) is 0 Å². The first kappa shape index (κ1) is 24.2. The number of piperazine rings is 1. The van der Waals surface area contributed by atoms with Gasteiger partial charge in [-0.3, -0.25) is 9.69 Å². The number of benzene rings is 2. The number of para-hydroxylation sites is 1. The maximum atomic E-state index is 14.1. The Kier molecular flexibility index (Phi) is 7.82. The highest BCUT2D eigenvalue weighted by Gasteiger charge is 2.23. The largest absolute Gasteiger partial charge is 0.462 e. The van der Waals surface area contributed by atoms with E-state index in [4.69, 9.17) is 16.3 Å². The predicted octanol–water partition coefficient (Wildman–Crippen LogP) is 5.15. The molecule has 2 heterocycles. The van der Waals surface area contributed by atoms with Crippen LogP contribution in [0.25, 0.3) is 10.4 Å². The molecule has 1 fully saturated rings. The highest BCUT2D eigenvalue weighted by Crippen LogP contribution is 2.36. The van der Waals surface area contributed by atoms with E-state index in [1.807, 2.05) is 28.0 Å². The number of nitrogens with zero attached hydrogens (tertiary/aromatic N) is 2. The minimum absolute atomic E-state index is 0.180. The predicted molar refractivity (Wildman–Crippen MR) is 134 cm³/mol. The van der Waals surface area contributed by atoms with E-state index < -0.39 is 5.97 Å². The Hall–Kier alpha value is -2.94. The first-order valence-electron chi connectivity index (χ1n) is 11.0. The molecule has 1 amide bonds. The van der Waals surface area contributed by atoms with Gasteiger partial charge in [-0.25, -0.2) is 9.18 Å². The van der Waals surface area contributed by atoms with Gasteiger partial charge in [0.15, 0.2) is 0 Å². The standard InChI is InChI=1S/C25H25ClFN3O3S/c1-2-33-25(32)24-20(15-22(34-24)17-7-9-18(26)10-8-17)28-23(31)16-29-11-13-30(14-12-29)21-6-4-3-5-19(21)27/h3-10,15H,2,11-14,16H2,1H3,(H,28,31). The Morgan fingerprint density at radius 1 is 1.09 bits per heavy atom. The fourth-order valence-electron chi connectivity index (χ4n) is 3.84. The first-order chi connectivity index (χ1) is 16.4. The number of hydrogen-bond acceptors (Lipinski definition) is 6. The van der Waals surface area contributed by atoms with Crippen LogP contribution in [0.5, 0.6) is 0 Å². The van der Waals surface area contributed by atoms with Crippen molar-refractivity contribution in [1.82, 2.24) is 4.90 Å². The summed E-state index contributed by atoms with van der Waals surface area (Å²) in [4.78, 5) is 30.5. The van der Waals surface area contributed by atoms with Crippen LogP contribution in [0.2, 0.25) is 5.02 Å². The summed E-state index contributed by atoms with van der Waals surface area (Å²) in [6.07, 6.45) is 0. The van der Waals surface area contributed by atoms with E-state index in [2.05, 4.69) is 5.32 Å². The maximum absolute atomic E-state index is 14.1. The zero-order valence-electron chi connectivity index (χ0n) is 18.7. The topological polar surface area (TPSA) is 61.9 Å². The second-order valence-electron chi connectivity index (χ2n) is 7.84. The van der Waals surface area contributed by atoms with Crippen LogP contribution in [0.3, 0.4) is 0 Å². The van der Waals surface area contributed by atoms with Crippen molar-refractivity contribution in [2.24, 2.45) is 0 Å². The monoisotopic (exact) mass is 501 g/mol. The number of halogens is 2. The quantitative estimate of drug-likeness (QED) is 0.454. The number of esters is 1. The van der Waals surface area contributed by atoms with Gasteiger partial charge in [0.05, 0.1) is 24.5 Å². The molecule has 1 aromatic heterocycles. The van der Waals surface area contributed by atoms with Crippen molar-refractivity contribution < 1.29 is 18.7 Å². The van der Waals surface area contributed by atoms with Gasteiger partial charge in [0.1, 0.15) is 10.7 Å². The van der Waals surface area contributed by atoms with Crippen LogP contribution in [0.4, 0.5) is 15.8 Å². The van der Waals surface area contributed by atoms with Gasteiger partial charge in [-0.1, -0.05) is 35.9 Å². The number of nitrogens with one attached hydrogen (secondary N) is 1. The van der Waals surface area contributed by atoms with E-state index in [1.54, 1.807) is 37.3 Å². The average molecular weight is 502 g/mol. The first-order valence-corrected chi connectivity index (χ1v) is 12.2. The second kappa shape index (κ2) is 11.0. The van der Waals surface area contributed by atoms with Gasteiger partial charge < -0.3 is 15.0 Å². The molecule has 1 saturated heterocycles. The number of carbonyl (C=O) groups excluding carboxylic acids is 2. The highest BCUT2D eigenvalue weighted by atomic mass is 35.5. The molecule has 1 N–H and O–H groups in total. The molecule has 4 rings (SSSR count). The molecule has 0 saturated carbocycles. The average Bonchev–Trinajstić information content (AvgIpc) is 3.24. The molecule has 1 aliphatic heterocycles. The van der Waals surface area contributed by atoms with Crippen LogP contribution in [-0.4, -0.2) is 56.1 Å². The highest BCUT2D eigenvalue weighted by molar-refractivity contribution is 7.18. The molecule has 0 aliphatic carbocycles. The van der Waals surface area contributed by atoms with Crippen LogP contribution in [0.15, 0.2) is 54.6 Å². The zero-order chi connectivity index (χ0) is 24.1. The SMILES string of the molecule is CCOC(=O)c1sc(-c2ccc(Cl)cc2)cc1NC(=O)CN1CCN(c2ccccc2F)CC1. The molecule has 178 valence electrons. The van der Waals surface area contributed by atoms with E-state index in [0.29, 0.717) is 47.5 Å². The molecule has 0 radical (unpaired) electrons. The van der Waals surface area contributed by atoms with E-state index in [-0.39, 0.29) is 24.9 Å². The van der Waals surface area contributed by atoms with E-state index in [1.165, 1.54) is 17.4 Å². The summed E-state index contributed by atoms with van der Waals surface area (Å²) in [7, 11) is 0. The van der Waals surface area contributed by atoms with Crippen LogP contribution in [-0.2, 0) is 9.53 Å². The minimum atomic E-state index is -0.471. The van der Waals surface area contributed by atoms with Crippen LogP contribution < -0.4 is 10.2 Å². The molecule has 34 heavy (non-hydrogen) atoms. The Bertz CT molecular complexity index is 1160. The fraction of sp³-hybridized carbons (Fsp3) is 0.280. The maximum Gasteiger partial charge on any atom is 0.350 e. The molecule has 0 atom stereocenters. The fourth-order valence-corrected chi connectivity index (χ4v) is 4.98. The Balaban J connectivity index is 1.41. The Morgan fingerprint density at radius 3 is 2.47 bits per heavy atom. The normalized spacial score (nSPS) is 14.1. The van der Waals surface area contributed by atoms with Crippen molar-refractivity contribution in [3.8, 4) is 10.4 Å². The molecule has 2 aromatic carbocycles. The van der Waals surface area contributed by atoms with Crippen molar-refractivity contribution in [2.45, 2.75) is 6.92 Å². The summed E-state index contributed by atoms with van der Waals surface area (Å²) in [5.41, 5.74) is 1.91. The van der Waals surface area contributed by atoms with Crippen LogP contribution in [0, 0.1) is 5.82 Å². The summed E-state index contributed by atoms with van der Waals surface area (Å²) in [5, 5.41) is 3.50. The van der Waals surface area contributed by atoms with Crippen molar-refractivity contribution in [3.63, 3.8) is 0 Å². The zero-order valence-corrected chi connectivity index (χ0v) is 20.3. The Morgan fingerprint density at radius 2 is 1.79 bits per heavy atom. The van der Waals surface area contributed by atoms with Gasteiger partial charge in [-0.2, -0.15) is 0 Å². The van der Waals surface area contributed by atoms with Crippen molar-refractivity contribution >= 4 is 46.2 Å². The second-order valence-corrected chi connectivity index (χ2v) is 9.33. The molecule has 9 heteroatoms. The van der Waals surface area contributed by atoms with Gasteiger partial charge in [0.25, 0.3) is 0 Å². The van der Waals surface area contributed by atoms with Crippen molar-refractivity contribution in [2.75, 3.05) is 49.5 Å². The third-order valence-corrected chi connectivity index (χ3v) is 6.94. The number of ether oxygens (including phenoxy) is 1. The number of hydrogen-bond donors (Lipinski definition) is 1. The molecule has 0 unspecified atom stereocenters. The number of amides is 1. The summed E-state index contributed by atoms with van der Waals surface area (Å²) in [5.74, 6) is -0.930. The lowest BCUT2D eigenvalue weighted by Crippen LogP contribution is -2.48. The van der Waals surface area contributed by atoms with E-state index in [9.17, 15) is 14.0 Å². The molecule has 3 aromatic rings. The van der Waals surface area contributed by atoms with Crippen molar-refractivity contribution in [3.05, 3.63) is 70.3 Å². The molecule has 0 bridgehead atoms. The molecular formula is C25H25ClFN3O3S. The van der Waals surface area contributed by atoms with Gasteiger partial charge in [0, 0.05) is 36.1 Å². The summed E-state index contributed by atoms with van der Waals surface area (Å²) in [6, 6.07) is 15.8. The summed E-state index contributed by atoms with van der Waals surface area (Å²) < 4.78 is 19.2. The molecule has 6 nitrogen and oxygen atoms in total. The summed E-state index contributed by atoms with van der Waals surface area (Å²) in [6.45, 7) is 4.68. The molecule has 1 aliphatic rings. The van der Waals surface area contributed by atoms with E-state index in [0.717, 1.165) is 10.4 Å². The number of thiophene rings is 1. The molecule has 0 spiro atoms. The Labute approximate surface area is 206 Å². The third kappa shape index (κ3) is 5.75. The van der Waals surface area contributed by atoms with Gasteiger partial charge in [0.2, 0.25) is 5.91 Å². The van der Waals surface area contributed by atoms with Gasteiger partial charge >= 0.3 is 5.97 Å². The number of carbonyl (C=O) groups is 2. The minimum Gasteiger partial charge on any atom is -0.462 e. The lowest BCUT2D eigenvalue weighted by atomic mass is 10.2. The van der Waals surface area contributed by atoms with Crippen LogP contribution >= 0.6 is 22.9 Å². The smallest absolute Gasteiger partial charge is 0.350 e.